The van der Waals surface area contributed by atoms with E-state index < -0.39 is 0 Å². The second-order valence-electron chi connectivity index (χ2n) is 6.79. The van der Waals surface area contributed by atoms with E-state index in [-0.39, 0.29) is 5.78 Å². The predicted octanol–water partition coefficient (Wildman–Crippen LogP) is 3.27. The maximum absolute atomic E-state index is 13.2. The zero-order valence-corrected chi connectivity index (χ0v) is 14.5. The number of hydrogen-bond acceptors (Lipinski definition) is 3. The van der Waals surface area contributed by atoms with Gasteiger partial charge in [0.1, 0.15) is 0 Å². The molecule has 3 aromatic rings. The van der Waals surface area contributed by atoms with Gasteiger partial charge < -0.3 is 9.88 Å². The number of nitrogens with one attached hydrogen (secondary N) is 1. The molecule has 2 aromatic carbocycles. The van der Waals surface area contributed by atoms with Crippen molar-refractivity contribution in [2.75, 3.05) is 39.8 Å². The molecule has 1 N–H and O–H groups in total. The zero-order valence-electron chi connectivity index (χ0n) is 14.5. The quantitative estimate of drug-likeness (QED) is 0.745. The molecule has 0 amide bonds. The van der Waals surface area contributed by atoms with Crippen LogP contribution in [0, 0.1) is 0 Å². The predicted molar refractivity (Wildman–Crippen MR) is 102 cm³/mol. The molecule has 4 rings (SSSR count). The lowest BCUT2D eigenvalue weighted by Crippen LogP contribution is -2.46. The molecule has 0 aliphatic carbocycles. The van der Waals surface area contributed by atoms with Crippen LogP contribution >= 0.6 is 0 Å². The Morgan fingerprint density at radius 3 is 2.40 bits per heavy atom. The van der Waals surface area contributed by atoms with E-state index in [4.69, 9.17) is 0 Å². The van der Waals surface area contributed by atoms with Crippen LogP contribution in [0.5, 0.6) is 0 Å². The number of likely N-dealkylation sites (N-methyl/N-ethyl adjacent to an activating group) is 1. The largest absolute Gasteiger partial charge is 0.354 e. The molecule has 0 saturated carbocycles. The van der Waals surface area contributed by atoms with Gasteiger partial charge in [-0.05, 0) is 18.7 Å². The number of carbonyl (C=O) groups is 1. The highest BCUT2D eigenvalue weighted by Crippen LogP contribution is 2.30. The number of ketones is 1. The first-order valence-electron chi connectivity index (χ1n) is 8.82. The number of H-pyrrole nitrogens is 1. The third kappa shape index (κ3) is 3.23. The summed E-state index contributed by atoms with van der Waals surface area (Å²) in [5.41, 5.74) is 3.82. The minimum absolute atomic E-state index is 0.195. The average molecular weight is 333 g/mol. The van der Waals surface area contributed by atoms with Crippen LogP contribution in [-0.2, 0) is 0 Å². The smallest absolute Gasteiger partial charge is 0.179 e. The molecule has 0 bridgehead atoms. The lowest BCUT2D eigenvalue weighted by atomic mass is 10.0. The molecule has 0 spiro atoms. The number of aromatic nitrogens is 1. The summed E-state index contributed by atoms with van der Waals surface area (Å²) in [5, 5.41) is 1.01. The van der Waals surface area contributed by atoms with Crippen LogP contribution in [0.25, 0.3) is 22.2 Å². The van der Waals surface area contributed by atoms with Gasteiger partial charge in [-0.2, -0.15) is 0 Å². The van der Waals surface area contributed by atoms with E-state index in [1.54, 1.807) is 0 Å². The van der Waals surface area contributed by atoms with Gasteiger partial charge in [0.2, 0.25) is 0 Å². The van der Waals surface area contributed by atoms with Crippen molar-refractivity contribution in [2.24, 2.45) is 0 Å². The second-order valence-corrected chi connectivity index (χ2v) is 6.79. The van der Waals surface area contributed by atoms with Gasteiger partial charge in [-0.3, -0.25) is 9.69 Å². The summed E-state index contributed by atoms with van der Waals surface area (Å²) < 4.78 is 0. The van der Waals surface area contributed by atoms with Crippen LogP contribution in [-0.4, -0.2) is 60.3 Å². The first-order chi connectivity index (χ1) is 12.2. The number of carbonyl (C=O) groups excluding carboxylic acids is 1. The fraction of sp³-hybridized carbons (Fsp3) is 0.286. The Morgan fingerprint density at radius 1 is 0.960 bits per heavy atom. The Balaban J connectivity index is 1.71. The fourth-order valence-corrected chi connectivity index (χ4v) is 3.54. The number of aromatic amines is 1. The van der Waals surface area contributed by atoms with Crippen LogP contribution in [0.15, 0.2) is 54.6 Å². The summed E-state index contributed by atoms with van der Waals surface area (Å²) in [5.74, 6) is 0.195. The Labute approximate surface area is 148 Å². The van der Waals surface area contributed by atoms with E-state index in [2.05, 4.69) is 34.0 Å². The molecule has 1 aliphatic heterocycles. The van der Waals surface area contributed by atoms with Gasteiger partial charge in [0, 0.05) is 37.1 Å². The normalized spacial score (nSPS) is 16.4. The van der Waals surface area contributed by atoms with Crippen LogP contribution in [0.3, 0.4) is 0 Å². The molecular formula is C21H23N3O. The van der Waals surface area contributed by atoms with Crippen molar-refractivity contribution in [1.29, 1.82) is 0 Å². The highest BCUT2D eigenvalue weighted by Gasteiger charge is 2.23. The summed E-state index contributed by atoms with van der Waals surface area (Å²) in [6.07, 6.45) is 0. The maximum Gasteiger partial charge on any atom is 0.179 e. The second kappa shape index (κ2) is 6.82. The number of Topliss-reactive ketones (excluding diaryl/α,β-unsaturated/α-hetero) is 1. The Hall–Kier alpha value is -2.43. The van der Waals surface area contributed by atoms with Crippen molar-refractivity contribution < 1.29 is 4.79 Å². The van der Waals surface area contributed by atoms with Crippen molar-refractivity contribution in [1.82, 2.24) is 14.8 Å². The van der Waals surface area contributed by atoms with Gasteiger partial charge in [-0.1, -0.05) is 48.5 Å². The van der Waals surface area contributed by atoms with Crippen LogP contribution in [0.2, 0.25) is 0 Å². The van der Waals surface area contributed by atoms with Crippen LogP contribution < -0.4 is 0 Å². The maximum atomic E-state index is 13.2. The molecule has 0 atom stereocenters. The van der Waals surface area contributed by atoms with Gasteiger partial charge in [0.15, 0.2) is 5.78 Å². The van der Waals surface area contributed by atoms with Crippen molar-refractivity contribution in [3.05, 3.63) is 60.2 Å². The van der Waals surface area contributed by atoms with E-state index in [0.717, 1.165) is 53.9 Å². The lowest BCUT2D eigenvalue weighted by molar-refractivity contribution is 0.0878. The van der Waals surface area contributed by atoms with E-state index in [1.165, 1.54) is 0 Å². The molecule has 1 saturated heterocycles. The van der Waals surface area contributed by atoms with E-state index in [1.807, 2.05) is 42.5 Å². The molecular weight excluding hydrogens is 310 g/mol. The topological polar surface area (TPSA) is 39.3 Å². The standard InChI is InChI=1S/C21H23N3O/c1-23-11-13-24(14-12-23)15-19(25)20-17-9-5-6-10-18(17)22-21(20)16-7-3-2-4-8-16/h2-10,22H,11-15H2,1H3. The summed E-state index contributed by atoms with van der Waals surface area (Å²) in [4.78, 5) is 21.2. The summed E-state index contributed by atoms with van der Waals surface area (Å²) in [6, 6.07) is 18.2. The number of benzene rings is 2. The minimum atomic E-state index is 0.195. The summed E-state index contributed by atoms with van der Waals surface area (Å²) in [6.45, 7) is 4.42. The number of hydrogen-bond donors (Lipinski definition) is 1. The van der Waals surface area contributed by atoms with Gasteiger partial charge in [0.25, 0.3) is 0 Å². The molecule has 2 heterocycles. The molecule has 4 heteroatoms. The third-order valence-electron chi connectivity index (χ3n) is 5.01. The first kappa shape index (κ1) is 16.1. The molecule has 1 aromatic heterocycles. The Bertz CT molecular complexity index is 877. The molecule has 25 heavy (non-hydrogen) atoms. The van der Waals surface area contributed by atoms with Crippen molar-refractivity contribution in [2.45, 2.75) is 0 Å². The lowest BCUT2D eigenvalue weighted by Gasteiger charge is -2.31. The van der Waals surface area contributed by atoms with E-state index >= 15 is 0 Å². The monoisotopic (exact) mass is 333 g/mol. The number of fused-ring (bicyclic) bond motifs is 1. The van der Waals surface area contributed by atoms with Gasteiger partial charge in [0.05, 0.1) is 17.8 Å². The zero-order chi connectivity index (χ0) is 17.2. The van der Waals surface area contributed by atoms with Crippen molar-refractivity contribution in [3.8, 4) is 11.3 Å². The molecule has 1 aliphatic rings. The molecule has 0 radical (unpaired) electrons. The average Bonchev–Trinajstić information content (AvgIpc) is 3.04. The Morgan fingerprint density at radius 2 is 1.64 bits per heavy atom. The SMILES string of the molecule is CN1CCN(CC(=O)c2c(-c3ccccc3)[nH]c3ccccc23)CC1. The van der Waals surface area contributed by atoms with Crippen molar-refractivity contribution >= 4 is 16.7 Å². The number of nitrogens with zero attached hydrogens (tertiary/aromatic N) is 2. The molecule has 1 fully saturated rings. The fourth-order valence-electron chi connectivity index (χ4n) is 3.54. The highest BCUT2D eigenvalue weighted by atomic mass is 16.1. The van der Waals surface area contributed by atoms with Gasteiger partial charge >= 0.3 is 0 Å². The third-order valence-corrected chi connectivity index (χ3v) is 5.01. The molecule has 128 valence electrons. The summed E-state index contributed by atoms with van der Waals surface area (Å²) >= 11 is 0. The van der Waals surface area contributed by atoms with Gasteiger partial charge in [-0.25, -0.2) is 0 Å². The number of piperazine rings is 1. The highest BCUT2D eigenvalue weighted by molar-refractivity contribution is 6.14. The molecule has 4 nitrogen and oxygen atoms in total. The van der Waals surface area contributed by atoms with Crippen LogP contribution in [0.1, 0.15) is 10.4 Å². The van der Waals surface area contributed by atoms with E-state index in [0.29, 0.717) is 6.54 Å². The molecule has 0 unspecified atom stereocenters. The Kier molecular flexibility index (Phi) is 4.38. The summed E-state index contributed by atoms with van der Waals surface area (Å²) in [7, 11) is 2.13. The number of rotatable bonds is 4. The van der Waals surface area contributed by atoms with Crippen molar-refractivity contribution in [3.63, 3.8) is 0 Å². The minimum Gasteiger partial charge on any atom is -0.354 e. The van der Waals surface area contributed by atoms with E-state index in [9.17, 15) is 4.79 Å². The first-order valence-corrected chi connectivity index (χ1v) is 8.82. The van der Waals surface area contributed by atoms with Gasteiger partial charge in [-0.15, -0.1) is 0 Å². The van der Waals surface area contributed by atoms with Crippen LogP contribution in [0.4, 0.5) is 0 Å². The number of para-hydroxylation sites is 1.